The van der Waals surface area contributed by atoms with E-state index in [9.17, 15) is 14.4 Å². The number of carbonyl (C=O) groups excluding carboxylic acids is 3. The van der Waals surface area contributed by atoms with E-state index < -0.39 is 6.04 Å². The molecule has 34 heavy (non-hydrogen) atoms. The Bertz CT molecular complexity index is 980. The van der Waals surface area contributed by atoms with Crippen LogP contribution in [0, 0.1) is 12.8 Å². The third kappa shape index (κ3) is 6.37. The van der Waals surface area contributed by atoms with Crippen LogP contribution in [0.15, 0.2) is 48.5 Å². The Balaban J connectivity index is 1.68. The van der Waals surface area contributed by atoms with E-state index in [0.717, 1.165) is 12.0 Å². The molecule has 1 saturated heterocycles. The van der Waals surface area contributed by atoms with Crippen LogP contribution in [0.25, 0.3) is 0 Å². The monoisotopic (exact) mass is 465 g/mol. The molecule has 0 saturated carbocycles. The summed E-state index contributed by atoms with van der Waals surface area (Å²) in [4.78, 5) is 40.8. The Hall–Kier alpha value is -3.35. The Morgan fingerprint density at radius 2 is 1.56 bits per heavy atom. The van der Waals surface area contributed by atoms with Crippen LogP contribution in [0.2, 0.25) is 0 Å². The highest BCUT2D eigenvalue weighted by Crippen LogP contribution is 2.24. The van der Waals surface area contributed by atoms with Crippen LogP contribution in [-0.4, -0.2) is 54.9 Å². The second-order valence-corrected chi connectivity index (χ2v) is 8.99. The molecule has 2 aromatic carbocycles. The van der Waals surface area contributed by atoms with E-state index in [-0.39, 0.29) is 29.7 Å². The molecule has 3 amide bonds. The minimum atomic E-state index is -0.652. The molecule has 2 atom stereocenters. The highest BCUT2D eigenvalue weighted by atomic mass is 16.5. The smallest absolute Gasteiger partial charge is 0.253 e. The van der Waals surface area contributed by atoms with Crippen LogP contribution in [0.5, 0.6) is 5.75 Å². The first-order valence-electron chi connectivity index (χ1n) is 11.9. The molecular formula is C27H35N3O4. The van der Waals surface area contributed by atoms with Gasteiger partial charge in [-0.15, -0.1) is 0 Å². The number of aryl methyl sites for hydroxylation is 1. The summed E-state index contributed by atoms with van der Waals surface area (Å²) in [6.07, 6.45) is 2.07. The number of nitrogens with one attached hydrogen (secondary N) is 2. The number of methoxy groups -OCH3 is 1. The number of carbonyl (C=O) groups is 3. The first-order chi connectivity index (χ1) is 16.3. The number of hydrogen-bond acceptors (Lipinski definition) is 4. The van der Waals surface area contributed by atoms with Gasteiger partial charge < -0.3 is 20.3 Å². The molecule has 1 aliphatic rings. The lowest BCUT2D eigenvalue weighted by Gasteiger charge is -2.36. The van der Waals surface area contributed by atoms with Crippen molar-refractivity contribution in [1.29, 1.82) is 0 Å². The van der Waals surface area contributed by atoms with Gasteiger partial charge in [0.15, 0.2) is 0 Å². The minimum absolute atomic E-state index is 0.0167. The van der Waals surface area contributed by atoms with Gasteiger partial charge in [0.05, 0.1) is 7.11 Å². The van der Waals surface area contributed by atoms with Gasteiger partial charge in [-0.25, -0.2) is 0 Å². The number of hydrogen-bond donors (Lipinski definition) is 2. The van der Waals surface area contributed by atoms with Crippen LogP contribution in [0.1, 0.15) is 59.4 Å². The molecule has 0 spiro atoms. The van der Waals surface area contributed by atoms with Gasteiger partial charge in [-0.3, -0.25) is 14.4 Å². The number of amides is 3. The number of benzene rings is 2. The maximum absolute atomic E-state index is 13.1. The molecule has 1 aliphatic heterocycles. The topological polar surface area (TPSA) is 87.7 Å². The standard InChI is InChI=1S/C27H35N3O4/c1-5-19(3)28-26(32)24(29-25(31)21-8-6-18(2)7-9-21)20-14-16-30(17-15-20)27(33)22-10-12-23(34-4)13-11-22/h6-13,19-20,24H,5,14-17H2,1-4H3,(H,28,32)(H,29,31). The Morgan fingerprint density at radius 3 is 2.12 bits per heavy atom. The van der Waals surface area contributed by atoms with Gasteiger partial charge in [-0.2, -0.15) is 0 Å². The third-order valence-corrected chi connectivity index (χ3v) is 6.52. The highest BCUT2D eigenvalue weighted by Gasteiger charge is 2.34. The van der Waals surface area contributed by atoms with Crippen molar-refractivity contribution >= 4 is 17.7 Å². The third-order valence-electron chi connectivity index (χ3n) is 6.52. The van der Waals surface area contributed by atoms with E-state index in [4.69, 9.17) is 4.74 Å². The van der Waals surface area contributed by atoms with Crippen molar-refractivity contribution in [2.75, 3.05) is 20.2 Å². The first-order valence-corrected chi connectivity index (χ1v) is 11.9. The number of ether oxygens (including phenoxy) is 1. The van der Waals surface area contributed by atoms with Crippen molar-refractivity contribution in [2.45, 2.75) is 52.1 Å². The summed E-state index contributed by atoms with van der Waals surface area (Å²) >= 11 is 0. The van der Waals surface area contributed by atoms with Gasteiger partial charge in [0.1, 0.15) is 11.8 Å². The van der Waals surface area contributed by atoms with Gasteiger partial charge in [0.2, 0.25) is 5.91 Å². The van der Waals surface area contributed by atoms with E-state index in [1.807, 2.05) is 37.8 Å². The molecule has 0 bridgehead atoms. The summed E-state index contributed by atoms with van der Waals surface area (Å²) in [7, 11) is 1.59. The molecule has 0 aromatic heterocycles. The minimum Gasteiger partial charge on any atom is -0.497 e. The summed E-state index contributed by atoms with van der Waals surface area (Å²) in [5, 5.41) is 5.99. The normalized spacial score (nSPS) is 15.8. The van der Waals surface area contributed by atoms with Crippen LogP contribution >= 0.6 is 0 Å². The molecule has 1 heterocycles. The quantitative estimate of drug-likeness (QED) is 0.624. The zero-order valence-corrected chi connectivity index (χ0v) is 20.5. The molecule has 1 fully saturated rings. The first kappa shape index (κ1) is 25.3. The molecular weight excluding hydrogens is 430 g/mol. The Kier molecular flexibility index (Phi) is 8.68. The SMILES string of the molecule is CCC(C)NC(=O)C(NC(=O)c1ccc(C)cc1)C1CCN(C(=O)c2ccc(OC)cc2)CC1. The van der Waals surface area contributed by atoms with Crippen LogP contribution in [0.4, 0.5) is 0 Å². The van der Waals surface area contributed by atoms with Crippen LogP contribution < -0.4 is 15.4 Å². The van der Waals surface area contributed by atoms with Gasteiger partial charge in [0.25, 0.3) is 11.8 Å². The van der Waals surface area contributed by atoms with Gasteiger partial charge in [-0.1, -0.05) is 24.6 Å². The predicted octanol–water partition coefficient (Wildman–Crippen LogP) is 3.57. The molecule has 2 unspecified atom stereocenters. The van der Waals surface area contributed by atoms with Crippen LogP contribution in [-0.2, 0) is 4.79 Å². The lowest BCUT2D eigenvalue weighted by atomic mass is 9.88. The fourth-order valence-corrected chi connectivity index (χ4v) is 4.11. The average Bonchev–Trinajstić information content (AvgIpc) is 2.87. The summed E-state index contributed by atoms with van der Waals surface area (Å²) in [6, 6.07) is 13.7. The lowest BCUT2D eigenvalue weighted by molar-refractivity contribution is -0.125. The van der Waals surface area contributed by atoms with Gasteiger partial charge in [-0.05, 0) is 75.4 Å². The maximum Gasteiger partial charge on any atom is 0.253 e. The van der Waals surface area contributed by atoms with Crippen molar-refractivity contribution in [3.8, 4) is 5.75 Å². The molecule has 7 nitrogen and oxygen atoms in total. The molecule has 182 valence electrons. The number of likely N-dealkylation sites (tertiary alicyclic amines) is 1. The summed E-state index contributed by atoms with van der Waals surface area (Å²) in [5.74, 6) is 0.175. The highest BCUT2D eigenvalue weighted by molar-refractivity contribution is 5.98. The van der Waals surface area contributed by atoms with Gasteiger partial charge >= 0.3 is 0 Å². The fraction of sp³-hybridized carbons (Fsp3) is 0.444. The van der Waals surface area contributed by atoms with E-state index in [1.54, 1.807) is 43.5 Å². The number of nitrogens with zero attached hydrogens (tertiary/aromatic N) is 1. The zero-order valence-electron chi connectivity index (χ0n) is 20.5. The summed E-state index contributed by atoms with van der Waals surface area (Å²) < 4.78 is 5.16. The second-order valence-electron chi connectivity index (χ2n) is 8.99. The van der Waals surface area contributed by atoms with Gasteiger partial charge in [0, 0.05) is 30.3 Å². The van der Waals surface area contributed by atoms with E-state index in [0.29, 0.717) is 42.8 Å². The maximum atomic E-state index is 13.1. The molecule has 2 N–H and O–H groups in total. The predicted molar refractivity (Wildman–Crippen MR) is 132 cm³/mol. The second kappa shape index (κ2) is 11.7. The Labute approximate surface area is 201 Å². The van der Waals surface area contributed by atoms with E-state index in [1.165, 1.54) is 0 Å². The van der Waals surface area contributed by atoms with Crippen molar-refractivity contribution in [3.05, 3.63) is 65.2 Å². The summed E-state index contributed by atoms with van der Waals surface area (Å²) in [6.45, 7) is 6.98. The van der Waals surface area contributed by atoms with E-state index in [2.05, 4.69) is 10.6 Å². The van der Waals surface area contributed by atoms with Crippen molar-refractivity contribution in [2.24, 2.45) is 5.92 Å². The number of rotatable bonds is 8. The number of piperidine rings is 1. The zero-order chi connectivity index (χ0) is 24.7. The summed E-state index contributed by atoms with van der Waals surface area (Å²) in [5.41, 5.74) is 2.20. The molecule has 0 radical (unpaired) electrons. The van der Waals surface area contributed by atoms with Crippen LogP contribution in [0.3, 0.4) is 0 Å². The Morgan fingerprint density at radius 1 is 0.971 bits per heavy atom. The van der Waals surface area contributed by atoms with E-state index >= 15 is 0 Å². The fourth-order valence-electron chi connectivity index (χ4n) is 4.11. The average molecular weight is 466 g/mol. The lowest BCUT2D eigenvalue weighted by Crippen LogP contribution is -2.55. The largest absolute Gasteiger partial charge is 0.497 e. The van der Waals surface area contributed by atoms with Crippen molar-refractivity contribution < 1.29 is 19.1 Å². The van der Waals surface area contributed by atoms with Crippen molar-refractivity contribution in [1.82, 2.24) is 15.5 Å². The molecule has 2 aromatic rings. The molecule has 3 rings (SSSR count). The molecule has 0 aliphatic carbocycles. The van der Waals surface area contributed by atoms with Crippen molar-refractivity contribution in [3.63, 3.8) is 0 Å². The molecule has 7 heteroatoms.